The molecule has 5 heteroatoms. The molecule has 2 heterocycles. The Morgan fingerprint density at radius 1 is 1.05 bits per heavy atom. The standard InChI is InChI=1S/C16H14ClN3O/c1-3-13-14(9-8-10(2)18-13)21-16-12-7-5-4-6-11(12)15(17)19-20-16/h4-9H,3H2,1-2H3. The van der Waals surface area contributed by atoms with Crippen molar-refractivity contribution in [3.8, 4) is 11.6 Å². The summed E-state index contributed by atoms with van der Waals surface area (Å²) in [5.41, 5.74) is 1.86. The van der Waals surface area contributed by atoms with Gasteiger partial charge in [-0.1, -0.05) is 36.7 Å². The van der Waals surface area contributed by atoms with Crippen molar-refractivity contribution in [3.05, 3.63) is 52.9 Å². The van der Waals surface area contributed by atoms with E-state index in [9.17, 15) is 0 Å². The Morgan fingerprint density at radius 3 is 2.57 bits per heavy atom. The molecule has 21 heavy (non-hydrogen) atoms. The highest BCUT2D eigenvalue weighted by Crippen LogP contribution is 2.31. The van der Waals surface area contributed by atoms with Gasteiger partial charge in [-0.3, -0.25) is 4.98 Å². The summed E-state index contributed by atoms with van der Waals surface area (Å²) in [6.07, 6.45) is 0.788. The van der Waals surface area contributed by atoms with Crippen LogP contribution in [0, 0.1) is 6.92 Å². The number of halogens is 1. The number of hydrogen-bond donors (Lipinski definition) is 0. The summed E-state index contributed by atoms with van der Waals surface area (Å²) >= 11 is 6.07. The van der Waals surface area contributed by atoms with E-state index in [1.807, 2.05) is 50.2 Å². The van der Waals surface area contributed by atoms with Crippen LogP contribution in [0.25, 0.3) is 10.8 Å². The van der Waals surface area contributed by atoms with Crippen molar-refractivity contribution in [1.29, 1.82) is 0 Å². The Hall–Kier alpha value is -2.20. The average molecular weight is 300 g/mol. The summed E-state index contributed by atoms with van der Waals surface area (Å²) in [6.45, 7) is 4.00. The Labute approximate surface area is 127 Å². The molecule has 0 atom stereocenters. The van der Waals surface area contributed by atoms with Crippen LogP contribution >= 0.6 is 11.6 Å². The molecular weight excluding hydrogens is 286 g/mol. The van der Waals surface area contributed by atoms with E-state index in [-0.39, 0.29) is 0 Å². The molecule has 0 amide bonds. The van der Waals surface area contributed by atoms with Gasteiger partial charge in [0.2, 0.25) is 5.88 Å². The van der Waals surface area contributed by atoms with Gasteiger partial charge in [-0.05, 0) is 31.5 Å². The Morgan fingerprint density at radius 2 is 1.81 bits per heavy atom. The van der Waals surface area contributed by atoms with Gasteiger partial charge in [0.25, 0.3) is 0 Å². The lowest BCUT2D eigenvalue weighted by molar-refractivity contribution is 0.453. The lowest BCUT2D eigenvalue weighted by atomic mass is 10.2. The van der Waals surface area contributed by atoms with Crippen LogP contribution < -0.4 is 4.74 Å². The van der Waals surface area contributed by atoms with E-state index in [2.05, 4.69) is 15.2 Å². The largest absolute Gasteiger partial charge is 0.435 e. The minimum atomic E-state index is 0.371. The second kappa shape index (κ2) is 5.66. The van der Waals surface area contributed by atoms with E-state index >= 15 is 0 Å². The third kappa shape index (κ3) is 2.67. The van der Waals surface area contributed by atoms with Gasteiger partial charge in [-0.2, -0.15) is 0 Å². The van der Waals surface area contributed by atoms with Gasteiger partial charge in [-0.25, -0.2) is 0 Å². The third-order valence-corrected chi connectivity index (χ3v) is 3.50. The maximum Gasteiger partial charge on any atom is 0.246 e. The molecule has 0 unspecified atom stereocenters. The second-order valence-corrected chi connectivity index (χ2v) is 5.05. The number of nitrogens with zero attached hydrogens (tertiary/aromatic N) is 3. The zero-order valence-electron chi connectivity index (χ0n) is 11.8. The van der Waals surface area contributed by atoms with Crippen LogP contribution in [0.2, 0.25) is 5.15 Å². The summed E-state index contributed by atoms with van der Waals surface area (Å²) in [7, 11) is 0. The first-order valence-electron chi connectivity index (χ1n) is 6.74. The number of fused-ring (bicyclic) bond motifs is 1. The monoisotopic (exact) mass is 299 g/mol. The van der Waals surface area contributed by atoms with Crippen LogP contribution in [0.15, 0.2) is 36.4 Å². The third-order valence-electron chi connectivity index (χ3n) is 3.22. The fourth-order valence-corrected chi connectivity index (χ4v) is 2.37. The maximum absolute atomic E-state index is 6.07. The molecule has 0 aliphatic rings. The summed E-state index contributed by atoms with van der Waals surface area (Å²) < 4.78 is 5.93. The number of benzene rings is 1. The van der Waals surface area contributed by atoms with Crippen LogP contribution in [0.5, 0.6) is 11.6 Å². The second-order valence-electron chi connectivity index (χ2n) is 4.69. The van der Waals surface area contributed by atoms with Crippen LogP contribution in [0.3, 0.4) is 0 Å². The van der Waals surface area contributed by atoms with Gasteiger partial charge in [0.05, 0.1) is 5.69 Å². The van der Waals surface area contributed by atoms with Gasteiger partial charge >= 0.3 is 0 Å². The van der Waals surface area contributed by atoms with Crippen LogP contribution in [0.1, 0.15) is 18.3 Å². The van der Waals surface area contributed by atoms with Gasteiger partial charge in [0.1, 0.15) is 0 Å². The molecule has 0 aliphatic heterocycles. The van der Waals surface area contributed by atoms with Crippen molar-refractivity contribution in [3.63, 3.8) is 0 Å². The quantitative estimate of drug-likeness (QED) is 0.722. The number of aromatic nitrogens is 3. The van der Waals surface area contributed by atoms with E-state index in [4.69, 9.17) is 16.3 Å². The minimum Gasteiger partial charge on any atom is -0.435 e. The van der Waals surface area contributed by atoms with Crippen LogP contribution in [-0.2, 0) is 6.42 Å². The van der Waals surface area contributed by atoms with Gasteiger partial charge in [0.15, 0.2) is 10.9 Å². The van der Waals surface area contributed by atoms with E-state index in [0.717, 1.165) is 28.6 Å². The molecular formula is C16H14ClN3O. The van der Waals surface area contributed by atoms with E-state index in [1.165, 1.54) is 0 Å². The highest BCUT2D eigenvalue weighted by atomic mass is 35.5. The topological polar surface area (TPSA) is 47.9 Å². The summed E-state index contributed by atoms with van der Waals surface area (Å²) in [6, 6.07) is 11.5. The van der Waals surface area contributed by atoms with Gasteiger partial charge < -0.3 is 4.74 Å². The molecule has 0 radical (unpaired) electrons. The molecule has 3 rings (SSSR count). The highest BCUT2D eigenvalue weighted by Gasteiger charge is 2.12. The number of hydrogen-bond acceptors (Lipinski definition) is 4. The fraction of sp³-hybridized carbons (Fsp3) is 0.188. The number of aryl methyl sites for hydroxylation is 2. The lowest BCUT2D eigenvalue weighted by Gasteiger charge is -2.11. The molecule has 0 bridgehead atoms. The first kappa shape index (κ1) is 13.8. The van der Waals surface area contributed by atoms with E-state index in [0.29, 0.717) is 16.8 Å². The first-order valence-corrected chi connectivity index (χ1v) is 7.12. The molecule has 4 nitrogen and oxygen atoms in total. The maximum atomic E-state index is 6.07. The molecule has 1 aromatic carbocycles. The Bertz CT molecular complexity index is 805. The Balaban J connectivity index is 2.09. The molecule has 0 spiro atoms. The van der Waals surface area contributed by atoms with Crippen molar-refractivity contribution in [2.24, 2.45) is 0 Å². The highest BCUT2D eigenvalue weighted by molar-refractivity contribution is 6.34. The molecule has 0 aliphatic carbocycles. The van der Waals surface area contributed by atoms with Crippen molar-refractivity contribution in [2.75, 3.05) is 0 Å². The van der Waals surface area contributed by atoms with Crippen molar-refractivity contribution in [2.45, 2.75) is 20.3 Å². The van der Waals surface area contributed by atoms with Crippen molar-refractivity contribution in [1.82, 2.24) is 15.2 Å². The first-order chi connectivity index (χ1) is 10.2. The smallest absolute Gasteiger partial charge is 0.246 e. The van der Waals surface area contributed by atoms with Crippen molar-refractivity contribution < 1.29 is 4.74 Å². The number of pyridine rings is 1. The molecule has 0 N–H and O–H groups in total. The zero-order valence-corrected chi connectivity index (χ0v) is 12.6. The predicted octanol–water partition coefficient (Wildman–Crippen LogP) is 4.34. The lowest BCUT2D eigenvalue weighted by Crippen LogP contribution is -1.98. The van der Waals surface area contributed by atoms with Gasteiger partial charge in [-0.15, -0.1) is 10.2 Å². The average Bonchev–Trinajstić information content (AvgIpc) is 2.52. The molecule has 2 aromatic heterocycles. The SMILES string of the molecule is CCc1nc(C)ccc1Oc1nnc(Cl)c2ccccc12. The Kier molecular flexibility index (Phi) is 3.71. The minimum absolute atomic E-state index is 0.371. The van der Waals surface area contributed by atoms with Crippen LogP contribution in [-0.4, -0.2) is 15.2 Å². The number of rotatable bonds is 3. The van der Waals surface area contributed by atoms with Gasteiger partial charge in [0, 0.05) is 16.5 Å². The summed E-state index contributed by atoms with van der Waals surface area (Å²) in [4.78, 5) is 4.49. The zero-order chi connectivity index (χ0) is 14.8. The van der Waals surface area contributed by atoms with E-state index < -0.39 is 0 Å². The fourth-order valence-electron chi connectivity index (χ4n) is 2.17. The molecule has 0 fully saturated rings. The van der Waals surface area contributed by atoms with Crippen molar-refractivity contribution >= 4 is 22.4 Å². The normalized spacial score (nSPS) is 10.8. The summed E-state index contributed by atoms with van der Waals surface area (Å²) in [5, 5.41) is 10.0. The molecule has 106 valence electrons. The number of ether oxygens (including phenoxy) is 1. The molecule has 0 saturated heterocycles. The summed E-state index contributed by atoms with van der Waals surface area (Å²) in [5.74, 6) is 1.14. The predicted molar refractivity (Wildman–Crippen MR) is 83.0 cm³/mol. The van der Waals surface area contributed by atoms with E-state index in [1.54, 1.807) is 0 Å². The molecule has 3 aromatic rings. The molecule has 0 saturated carbocycles. The van der Waals surface area contributed by atoms with Crippen LogP contribution in [0.4, 0.5) is 0 Å².